The second-order valence-corrected chi connectivity index (χ2v) is 7.89. The number of ether oxygens (including phenoxy) is 1. The predicted octanol–water partition coefficient (Wildman–Crippen LogP) is 2.79. The highest BCUT2D eigenvalue weighted by Gasteiger charge is 2.20. The topological polar surface area (TPSA) is 99.0 Å². The van der Waals surface area contributed by atoms with E-state index in [1.807, 2.05) is 32.0 Å². The van der Waals surface area contributed by atoms with E-state index in [0.29, 0.717) is 11.6 Å². The van der Waals surface area contributed by atoms with Crippen LogP contribution in [0.5, 0.6) is 5.75 Å². The van der Waals surface area contributed by atoms with Crippen molar-refractivity contribution in [3.63, 3.8) is 0 Å². The van der Waals surface area contributed by atoms with E-state index >= 15 is 0 Å². The largest absolute Gasteiger partial charge is 0.497 e. The van der Waals surface area contributed by atoms with Crippen LogP contribution in [0.3, 0.4) is 0 Å². The Kier molecular flexibility index (Phi) is 4.73. The molecule has 132 valence electrons. The van der Waals surface area contributed by atoms with Gasteiger partial charge in [-0.1, -0.05) is 12.1 Å². The Morgan fingerprint density at radius 1 is 1.32 bits per heavy atom. The van der Waals surface area contributed by atoms with Crippen molar-refractivity contribution in [2.75, 3.05) is 11.8 Å². The number of imidazole rings is 1. The van der Waals surface area contributed by atoms with Crippen LogP contribution in [-0.2, 0) is 10.0 Å². The van der Waals surface area contributed by atoms with Gasteiger partial charge in [-0.3, -0.25) is 4.72 Å². The van der Waals surface area contributed by atoms with Gasteiger partial charge in [-0.25, -0.2) is 4.98 Å². The molecule has 0 aliphatic heterocycles. The van der Waals surface area contributed by atoms with Gasteiger partial charge in [0.25, 0.3) is 10.0 Å². The standard InChI is InChI=1S/C15H17N5O3S2/c1-10(2)20-8-13(16-9-20)25(21,22)19-15-17-14(18-24-15)11-5-4-6-12(7-11)23-3/h4-10H,1-3H3,(H,17,18,19). The van der Waals surface area contributed by atoms with Crippen LogP contribution in [0.2, 0.25) is 0 Å². The summed E-state index contributed by atoms with van der Waals surface area (Å²) in [5.41, 5.74) is 0.741. The Bertz CT molecular complexity index is 978. The van der Waals surface area contributed by atoms with Crippen LogP contribution in [0.25, 0.3) is 11.4 Å². The van der Waals surface area contributed by atoms with Crippen molar-refractivity contribution in [3.8, 4) is 17.1 Å². The van der Waals surface area contributed by atoms with Gasteiger partial charge in [0.1, 0.15) is 5.75 Å². The minimum atomic E-state index is -3.81. The van der Waals surface area contributed by atoms with Crippen LogP contribution in [0.1, 0.15) is 19.9 Å². The monoisotopic (exact) mass is 379 g/mol. The molecule has 0 saturated heterocycles. The lowest BCUT2D eigenvalue weighted by molar-refractivity contribution is 0.415. The summed E-state index contributed by atoms with van der Waals surface area (Å²) >= 11 is 0.966. The van der Waals surface area contributed by atoms with Gasteiger partial charge in [-0.15, -0.1) is 0 Å². The SMILES string of the molecule is COc1cccc(-c2nsc(NS(=O)(=O)c3cn(C(C)C)cn3)n2)c1. The van der Waals surface area contributed by atoms with Gasteiger partial charge in [0.2, 0.25) is 5.13 Å². The van der Waals surface area contributed by atoms with Gasteiger partial charge in [-0.2, -0.15) is 17.8 Å². The summed E-state index contributed by atoms with van der Waals surface area (Å²) in [4.78, 5) is 8.18. The molecule has 0 unspecified atom stereocenters. The lowest BCUT2D eigenvalue weighted by Gasteiger charge is -2.04. The number of benzene rings is 1. The van der Waals surface area contributed by atoms with Crippen molar-refractivity contribution in [1.29, 1.82) is 0 Å². The maximum absolute atomic E-state index is 12.4. The molecule has 2 aromatic heterocycles. The van der Waals surface area contributed by atoms with Crippen LogP contribution < -0.4 is 9.46 Å². The maximum Gasteiger partial charge on any atom is 0.282 e. The molecular weight excluding hydrogens is 362 g/mol. The molecule has 3 aromatic rings. The first-order valence-electron chi connectivity index (χ1n) is 7.43. The third-order valence-corrected chi connectivity index (χ3v) is 5.41. The first kappa shape index (κ1) is 17.4. The van der Waals surface area contributed by atoms with Crippen molar-refractivity contribution in [2.45, 2.75) is 24.9 Å². The van der Waals surface area contributed by atoms with Crippen LogP contribution in [-0.4, -0.2) is 34.4 Å². The fourth-order valence-corrected chi connectivity index (χ4v) is 3.80. The Labute approximate surface area is 149 Å². The van der Waals surface area contributed by atoms with Crippen LogP contribution in [0.15, 0.2) is 41.8 Å². The fraction of sp³-hybridized carbons (Fsp3) is 0.267. The van der Waals surface area contributed by atoms with Gasteiger partial charge >= 0.3 is 0 Å². The third kappa shape index (κ3) is 3.80. The summed E-state index contributed by atoms with van der Waals surface area (Å²) in [6, 6.07) is 7.36. The van der Waals surface area contributed by atoms with Crippen molar-refractivity contribution < 1.29 is 13.2 Å². The average molecular weight is 379 g/mol. The molecule has 0 spiro atoms. The molecular formula is C15H17N5O3S2. The first-order valence-corrected chi connectivity index (χ1v) is 9.69. The van der Waals surface area contributed by atoms with Crippen LogP contribution in [0, 0.1) is 0 Å². The number of hydrogen-bond acceptors (Lipinski definition) is 7. The Balaban J connectivity index is 1.82. The smallest absolute Gasteiger partial charge is 0.282 e. The molecule has 1 aromatic carbocycles. The summed E-state index contributed by atoms with van der Waals surface area (Å²) in [5.74, 6) is 1.10. The first-order chi connectivity index (χ1) is 11.9. The van der Waals surface area contributed by atoms with Crippen LogP contribution in [0.4, 0.5) is 5.13 Å². The summed E-state index contributed by atoms with van der Waals surface area (Å²) in [7, 11) is -2.23. The average Bonchev–Trinajstić information content (AvgIpc) is 3.24. The van der Waals surface area contributed by atoms with E-state index in [-0.39, 0.29) is 16.2 Å². The Morgan fingerprint density at radius 3 is 2.80 bits per heavy atom. The van der Waals surface area contributed by atoms with E-state index in [2.05, 4.69) is 19.1 Å². The summed E-state index contributed by atoms with van der Waals surface area (Å²) in [6.45, 7) is 3.88. The molecule has 0 atom stereocenters. The highest BCUT2D eigenvalue weighted by Crippen LogP contribution is 2.25. The maximum atomic E-state index is 12.4. The highest BCUT2D eigenvalue weighted by atomic mass is 32.2. The molecule has 0 bridgehead atoms. The molecule has 0 saturated carbocycles. The van der Waals surface area contributed by atoms with E-state index in [0.717, 1.165) is 17.1 Å². The second kappa shape index (κ2) is 6.81. The summed E-state index contributed by atoms with van der Waals surface area (Å²) in [5, 5.41) is 0.122. The van der Waals surface area contributed by atoms with Gasteiger partial charge in [0.15, 0.2) is 10.9 Å². The third-order valence-electron chi connectivity index (χ3n) is 3.43. The van der Waals surface area contributed by atoms with E-state index in [4.69, 9.17) is 4.74 Å². The van der Waals surface area contributed by atoms with Crippen molar-refractivity contribution >= 4 is 26.7 Å². The molecule has 8 nitrogen and oxygen atoms in total. The molecule has 3 rings (SSSR count). The van der Waals surface area contributed by atoms with E-state index < -0.39 is 10.0 Å². The summed E-state index contributed by atoms with van der Waals surface area (Å²) in [6.07, 6.45) is 2.97. The lowest BCUT2D eigenvalue weighted by atomic mass is 10.2. The van der Waals surface area contributed by atoms with Gasteiger partial charge in [0, 0.05) is 29.3 Å². The minimum Gasteiger partial charge on any atom is -0.497 e. The normalized spacial score (nSPS) is 11.7. The quantitative estimate of drug-likeness (QED) is 0.707. The molecule has 25 heavy (non-hydrogen) atoms. The number of nitrogens with zero attached hydrogens (tertiary/aromatic N) is 4. The molecule has 1 N–H and O–H groups in total. The number of methoxy groups -OCH3 is 1. The molecule has 2 heterocycles. The van der Waals surface area contributed by atoms with Crippen LogP contribution >= 0.6 is 11.5 Å². The van der Waals surface area contributed by atoms with E-state index in [9.17, 15) is 8.42 Å². The number of hydrogen-bond donors (Lipinski definition) is 1. The molecule has 0 radical (unpaired) electrons. The van der Waals surface area contributed by atoms with E-state index in [1.165, 1.54) is 12.5 Å². The zero-order valence-corrected chi connectivity index (χ0v) is 15.5. The Morgan fingerprint density at radius 2 is 2.12 bits per heavy atom. The number of anilines is 1. The number of sulfonamides is 1. The number of rotatable bonds is 6. The molecule has 0 fully saturated rings. The second-order valence-electron chi connectivity index (χ2n) is 5.51. The predicted molar refractivity (Wildman–Crippen MR) is 95.3 cm³/mol. The number of aromatic nitrogens is 4. The van der Waals surface area contributed by atoms with E-state index in [1.54, 1.807) is 17.7 Å². The minimum absolute atomic E-state index is 0.0562. The van der Waals surface area contributed by atoms with Gasteiger partial charge in [0.05, 0.1) is 13.4 Å². The van der Waals surface area contributed by atoms with Gasteiger partial charge in [-0.05, 0) is 26.0 Å². The lowest BCUT2D eigenvalue weighted by Crippen LogP contribution is -2.13. The molecule has 0 aliphatic rings. The highest BCUT2D eigenvalue weighted by molar-refractivity contribution is 7.92. The molecule has 0 aliphatic carbocycles. The zero-order chi connectivity index (χ0) is 18.0. The molecule has 0 amide bonds. The zero-order valence-electron chi connectivity index (χ0n) is 13.9. The fourth-order valence-electron chi connectivity index (χ4n) is 2.05. The van der Waals surface area contributed by atoms with Crippen molar-refractivity contribution in [3.05, 3.63) is 36.8 Å². The van der Waals surface area contributed by atoms with Crippen molar-refractivity contribution in [2.24, 2.45) is 0 Å². The number of nitrogens with one attached hydrogen (secondary N) is 1. The van der Waals surface area contributed by atoms with Crippen molar-refractivity contribution in [1.82, 2.24) is 18.9 Å². The summed E-state index contributed by atoms with van der Waals surface area (Å²) < 4.78 is 38.3. The Hall–Kier alpha value is -2.46. The van der Waals surface area contributed by atoms with Gasteiger partial charge < -0.3 is 9.30 Å². The molecule has 10 heteroatoms.